The average molecular weight is 336 g/mol. The highest BCUT2D eigenvalue weighted by Gasteiger charge is 2.12. The normalized spacial score (nSPS) is 9.80. The van der Waals surface area contributed by atoms with Gasteiger partial charge in [-0.25, -0.2) is 0 Å². The second kappa shape index (κ2) is 5.42. The van der Waals surface area contributed by atoms with Gasteiger partial charge in [0.1, 0.15) is 6.42 Å². The Morgan fingerprint density at radius 2 is 1.73 bits per heavy atom. The first kappa shape index (κ1) is 12.4. The number of hydrogen-bond acceptors (Lipinski definition) is 3. The van der Waals surface area contributed by atoms with Crippen molar-refractivity contribution in [1.29, 1.82) is 0 Å². The van der Waals surface area contributed by atoms with Crippen LogP contribution in [0.5, 0.6) is 0 Å². The first-order chi connectivity index (χ1) is 7.02. The molecule has 0 aromatic heterocycles. The molecule has 0 atom stereocenters. The number of ketones is 1. The Morgan fingerprint density at radius 1 is 1.20 bits per heavy atom. The molecule has 0 spiro atoms. The Hall–Kier alpha value is -0.680. The molecule has 1 aromatic rings. The highest BCUT2D eigenvalue weighted by molar-refractivity contribution is 9.11. The van der Waals surface area contributed by atoms with Crippen molar-refractivity contribution in [2.45, 2.75) is 6.42 Å². The number of methoxy groups -OCH3 is 1. The monoisotopic (exact) mass is 334 g/mol. The van der Waals surface area contributed by atoms with Crippen LogP contribution >= 0.6 is 31.9 Å². The fraction of sp³-hybridized carbons (Fsp3) is 0.200. The summed E-state index contributed by atoms with van der Waals surface area (Å²) in [5, 5.41) is 0. The molecule has 0 saturated carbocycles. The number of esters is 1. The quantitative estimate of drug-likeness (QED) is 0.484. The highest BCUT2D eigenvalue weighted by Crippen LogP contribution is 2.21. The maximum absolute atomic E-state index is 11.6. The predicted octanol–water partition coefficient (Wildman–Crippen LogP) is 2.96. The number of carbonyl (C=O) groups excluding carboxylic acids is 2. The Morgan fingerprint density at radius 3 is 2.20 bits per heavy atom. The molecular weight excluding hydrogens is 328 g/mol. The maximum atomic E-state index is 11.6. The first-order valence-electron chi connectivity index (χ1n) is 4.09. The third-order valence-corrected chi connectivity index (χ3v) is 2.63. The van der Waals surface area contributed by atoms with Gasteiger partial charge in [0, 0.05) is 14.5 Å². The summed E-state index contributed by atoms with van der Waals surface area (Å²) in [6.45, 7) is 0. The minimum atomic E-state index is -0.531. The Bertz CT molecular complexity index is 381. The van der Waals surface area contributed by atoms with E-state index >= 15 is 0 Å². The van der Waals surface area contributed by atoms with Crippen LogP contribution in [0.4, 0.5) is 0 Å². The second-order valence-corrected chi connectivity index (χ2v) is 4.67. The summed E-state index contributed by atoms with van der Waals surface area (Å²) >= 11 is 6.53. The lowest BCUT2D eigenvalue weighted by atomic mass is 10.1. The lowest BCUT2D eigenvalue weighted by Gasteiger charge is -2.01. The predicted molar refractivity (Wildman–Crippen MR) is 62.8 cm³/mol. The summed E-state index contributed by atoms with van der Waals surface area (Å²) in [5.41, 5.74) is 0.474. The maximum Gasteiger partial charge on any atom is 0.313 e. The van der Waals surface area contributed by atoms with Gasteiger partial charge in [-0.3, -0.25) is 9.59 Å². The molecule has 0 amide bonds. The fourth-order valence-corrected chi connectivity index (χ4v) is 2.31. The Labute approximate surface area is 104 Å². The van der Waals surface area contributed by atoms with Crippen LogP contribution in [0.1, 0.15) is 16.8 Å². The van der Waals surface area contributed by atoms with Crippen molar-refractivity contribution in [2.24, 2.45) is 0 Å². The number of Topliss-reactive ketones (excluding diaryl/α,β-unsaturated/α-hetero) is 1. The molecule has 15 heavy (non-hydrogen) atoms. The second-order valence-electron chi connectivity index (χ2n) is 2.83. The molecule has 0 aliphatic carbocycles. The Balaban J connectivity index is 2.86. The van der Waals surface area contributed by atoms with Crippen LogP contribution in [0.25, 0.3) is 0 Å². The topological polar surface area (TPSA) is 43.4 Å². The molecule has 0 N–H and O–H groups in total. The molecule has 0 heterocycles. The summed E-state index contributed by atoms with van der Waals surface area (Å²) in [6, 6.07) is 5.14. The lowest BCUT2D eigenvalue weighted by molar-refractivity contribution is -0.139. The molecule has 1 aromatic carbocycles. The van der Waals surface area contributed by atoms with E-state index in [-0.39, 0.29) is 12.2 Å². The van der Waals surface area contributed by atoms with E-state index in [1.54, 1.807) is 12.1 Å². The van der Waals surface area contributed by atoms with Crippen LogP contribution in [0.15, 0.2) is 27.1 Å². The first-order valence-corrected chi connectivity index (χ1v) is 5.67. The van der Waals surface area contributed by atoms with Gasteiger partial charge >= 0.3 is 5.97 Å². The van der Waals surface area contributed by atoms with Crippen LogP contribution in [0.3, 0.4) is 0 Å². The van der Waals surface area contributed by atoms with E-state index in [1.807, 2.05) is 6.07 Å². The number of rotatable bonds is 3. The van der Waals surface area contributed by atoms with Crippen molar-refractivity contribution in [1.82, 2.24) is 0 Å². The number of benzene rings is 1. The zero-order chi connectivity index (χ0) is 11.4. The zero-order valence-corrected chi connectivity index (χ0v) is 11.1. The molecule has 80 valence electrons. The minimum absolute atomic E-state index is 0.237. The van der Waals surface area contributed by atoms with Gasteiger partial charge in [0.25, 0.3) is 0 Å². The van der Waals surface area contributed by atoms with E-state index in [1.165, 1.54) is 7.11 Å². The van der Waals surface area contributed by atoms with E-state index in [2.05, 4.69) is 36.6 Å². The van der Waals surface area contributed by atoms with E-state index in [4.69, 9.17) is 0 Å². The van der Waals surface area contributed by atoms with Gasteiger partial charge in [0.05, 0.1) is 7.11 Å². The summed E-state index contributed by atoms with van der Waals surface area (Å²) in [5.74, 6) is -0.792. The largest absolute Gasteiger partial charge is 0.469 e. The molecule has 1 rings (SSSR count). The van der Waals surface area contributed by atoms with Crippen molar-refractivity contribution in [3.63, 3.8) is 0 Å². The molecule has 3 nitrogen and oxygen atoms in total. The molecule has 0 fully saturated rings. The average Bonchev–Trinajstić information content (AvgIpc) is 2.16. The Kier molecular flexibility index (Phi) is 4.47. The van der Waals surface area contributed by atoms with Crippen molar-refractivity contribution >= 4 is 43.6 Å². The van der Waals surface area contributed by atoms with Gasteiger partial charge in [0.2, 0.25) is 0 Å². The highest BCUT2D eigenvalue weighted by atomic mass is 79.9. The minimum Gasteiger partial charge on any atom is -0.469 e. The zero-order valence-electron chi connectivity index (χ0n) is 7.92. The van der Waals surface area contributed by atoms with E-state index in [0.717, 1.165) is 8.95 Å². The van der Waals surface area contributed by atoms with Crippen molar-refractivity contribution in [3.05, 3.63) is 32.7 Å². The van der Waals surface area contributed by atoms with Gasteiger partial charge in [-0.2, -0.15) is 0 Å². The summed E-state index contributed by atoms with van der Waals surface area (Å²) in [4.78, 5) is 22.5. The van der Waals surface area contributed by atoms with Crippen LogP contribution < -0.4 is 0 Å². The van der Waals surface area contributed by atoms with E-state index in [9.17, 15) is 9.59 Å². The lowest BCUT2D eigenvalue weighted by Crippen LogP contribution is -2.09. The molecule has 0 saturated heterocycles. The van der Waals surface area contributed by atoms with Gasteiger partial charge in [-0.15, -0.1) is 0 Å². The molecule has 0 aliphatic rings. The summed E-state index contributed by atoms with van der Waals surface area (Å²) in [6.07, 6.45) is -0.237. The third-order valence-electron chi connectivity index (χ3n) is 1.72. The smallest absolute Gasteiger partial charge is 0.313 e. The molecular formula is C10H8Br2O3. The third kappa shape index (κ3) is 3.76. The SMILES string of the molecule is COC(=O)CC(=O)c1cc(Br)cc(Br)c1. The summed E-state index contributed by atoms with van der Waals surface area (Å²) in [7, 11) is 1.26. The number of carbonyl (C=O) groups is 2. The van der Waals surface area contributed by atoms with E-state index in [0.29, 0.717) is 5.56 Å². The van der Waals surface area contributed by atoms with Gasteiger partial charge in [-0.1, -0.05) is 31.9 Å². The standard InChI is InChI=1S/C10H8Br2O3/c1-15-10(14)5-9(13)6-2-7(11)4-8(12)3-6/h2-4H,5H2,1H3. The van der Waals surface area contributed by atoms with Gasteiger partial charge in [0.15, 0.2) is 5.78 Å². The van der Waals surface area contributed by atoms with Crippen molar-refractivity contribution < 1.29 is 14.3 Å². The van der Waals surface area contributed by atoms with Crippen LogP contribution in [-0.4, -0.2) is 18.9 Å². The van der Waals surface area contributed by atoms with Crippen LogP contribution in [0, 0.1) is 0 Å². The fourth-order valence-electron chi connectivity index (χ4n) is 1.02. The van der Waals surface area contributed by atoms with Crippen LogP contribution in [0.2, 0.25) is 0 Å². The molecule has 0 radical (unpaired) electrons. The van der Waals surface area contributed by atoms with Crippen molar-refractivity contribution in [2.75, 3.05) is 7.11 Å². The molecule has 0 unspecified atom stereocenters. The number of ether oxygens (including phenoxy) is 1. The van der Waals surface area contributed by atoms with Gasteiger partial charge in [-0.05, 0) is 18.2 Å². The number of hydrogen-bond donors (Lipinski definition) is 0. The molecule has 5 heteroatoms. The summed E-state index contributed by atoms with van der Waals surface area (Å²) < 4.78 is 5.98. The molecule has 0 bridgehead atoms. The molecule has 0 aliphatic heterocycles. The number of halogens is 2. The van der Waals surface area contributed by atoms with E-state index < -0.39 is 5.97 Å². The van der Waals surface area contributed by atoms with Gasteiger partial charge < -0.3 is 4.74 Å². The van der Waals surface area contributed by atoms with Crippen LogP contribution in [-0.2, 0) is 9.53 Å². The van der Waals surface area contributed by atoms with Crippen molar-refractivity contribution in [3.8, 4) is 0 Å².